The molecule has 4 heteroatoms. The second-order valence-electron chi connectivity index (χ2n) is 4.46. The highest BCUT2D eigenvalue weighted by Gasteiger charge is 2.06. The molecule has 1 N–H and O–H groups in total. The lowest BCUT2D eigenvalue weighted by molar-refractivity contribution is -0.136. The van der Waals surface area contributed by atoms with Crippen molar-refractivity contribution >= 4 is 17.6 Å². The van der Waals surface area contributed by atoms with Gasteiger partial charge in [0.25, 0.3) is 0 Å². The molecule has 104 valence electrons. The summed E-state index contributed by atoms with van der Waals surface area (Å²) in [7, 11) is 0. The van der Waals surface area contributed by atoms with Gasteiger partial charge in [-0.15, -0.1) is 0 Å². The van der Waals surface area contributed by atoms with Gasteiger partial charge in [0.1, 0.15) is 0 Å². The molecule has 0 atom stereocenters. The molecule has 0 radical (unpaired) electrons. The molecule has 0 unspecified atom stereocenters. The molecule has 0 spiro atoms. The number of rotatable bonds is 6. The van der Waals surface area contributed by atoms with Crippen molar-refractivity contribution in [1.29, 1.82) is 0 Å². The largest absolute Gasteiger partial charge is 0.481 e. The molecule has 0 aliphatic heterocycles. The average Bonchev–Trinajstić information content (AvgIpc) is 2.40. The lowest BCUT2D eigenvalue weighted by Gasteiger charge is -2.09. The highest BCUT2D eigenvalue weighted by Crippen LogP contribution is 2.14. The van der Waals surface area contributed by atoms with Gasteiger partial charge in [-0.1, -0.05) is 48.0 Å². The number of hydrogen-bond acceptors (Lipinski definition) is 2. The molecule has 0 aliphatic rings. The predicted molar refractivity (Wildman–Crippen MR) is 77.7 cm³/mol. The quantitative estimate of drug-likeness (QED) is 0.882. The highest BCUT2D eigenvalue weighted by molar-refractivity contribution is 6.30. The smallest absolute Gasteiger partial charge is 0.307 e. The van der Waals surface area contributed by atoms with Crippen molar-refractivity contribution < 1.29 is 14.6 Å². The van der Waals surface area contributed by atoms with E-state index in [1.807, 2.05) is 48.5 Å². The Morgan fingerprint density at radius 1 is 1.05 bits per heavy atom. The zero-order valence-electron chi connectivity index (χ0n) is 10.9. The number of halogens is 1. The molecule has 2 rings (SSSR count). The van der Waals surface area contributed by atoms with E-state index in [0.717, 1.165) is 16.7 Å². The molecule has 0 heterocycles. The van der Waals surface area contributed by atoms with Crippen LogP contribution < -0.4 is 0 Å². The van der Waals surface area contributed by atoms with Crippen molar-refractivity contribution in [3.05, 3.63) is 70.2 Å². The maximum atomic E-state index is 10.8. The number of carboxylic acid groups (broad SMARTS) is 1. The number of hydrogen-bond donors (Lipinski definition) is 1. The van der Waals surface area contributed by atoms with Gasteiger partial charge in [0, 0.05) is 5.02 Å². The van der Waals surface area contributed by atoms with Crippen LogP contribution in [-0.2, 0) is 29.2 Å². The summed E-state index contributed by atoms with van der Waals surface area (Å²) < 4.78 is 5.63. The molecule has 0 aromatic heterocycles. The topological polar surface area (TPSA) is 46.5 Å². The average molecular weight is 291 g/mol. The molecule has 0 fully saturated rings. The highest BCUT2D eigenvalue weighted by atomic mass is 35.5. The molecule has 20 heavy (non-hydrogen) atoms. The van der Waals surface area contributed by atoms with Gasteiger partial charge in [-0.3, -0.25) is 4.79 Å². The lowest BCUT2D eigenvalue weighted by Crippen LogP contribution is -2.04. The van der Waals surface area contributed by atoms with E-state index in [2.05, 4.69) is 0 Å². The molecule has 2 aromatic rings. The van der Waals surface area contributed by atoms with Gasteiger partial charge in [0.05, 0.1) is 19.6 Å². The van der Waals surface area contributed by atoms with Crippen molar-refractivity contribution in [2.75, 3.05) is 0 Å². The van der Waals surface area contributed by atoms with Crippen LogP contribution in [0.3, 0.4) is 0 Å². The summed E-state index contributed by atoms with van der Waals surface area (Å²) >= 11 is 5.90. The van der Waals surface area contributed by atoms with Crippen LogP contribution in [0, 0.1) is 0 Å². The molecule has 0 aliphatic carbocycles. The van der Waals surface area contributed by atoms with Gasteiger partial charge in [0.2, 0.25) is 0 Å². The summed E-state index contributed by atoms with van der Waals surface area (Å²) in [5.41, 5.74) is 2.68. The third-order valence-electron chi connectivity index (χ3n) is 2.88. The predicted octanol–water partition coefficient (Wildman–Crippen LogP) is 3.68. The van der Waals surface area contributed by atoms with Crippen molar-refractivity contribution in [3.8, 4) is 0 Å². The van der Waals surface area contributed by atoms with Gasteiger partial charge >= 0.3 is 5.97 Å². The first-order valence-corrected chi connectivity index (χ1v) is 6.63. The van der Waals surface area contributed by atoms with E-state index < -0.39 is 5.97 Å². The summed E-state index contributed by atoms with van der Waals surface area (Å²) in [5, 5.41) is 9.55. The van der Waals surface area contributed by atoms with Gasteiger partial charge in [-0.2, -0.15) is 0 Å². The summed E-state index contributed by atoms with van der Waals surface area (Å²) in [6, 6.07) is 14.9. The van der Waals surface area contributed by atoms with Gasteiger partial charge in [0.15, 0.2) is 0 Å². The Balaban J connectivity index is 1.95. The number of benzene rings is 2. The Morgan fingerprint density at radius 3 is 2.50 bits per heavy atom. The van der Waals surface area contributed by atoms with E-state index in [-0.39, 0.29) is 6.42 Å². The van der Waals surface area contributed by atoms with E-state index in [1.165, 1.54) is 0 Å². The van der Waals surface area contributed by atoms with Crippen LogP contribution in [0.1, 0.15) is 16.7 Å². The summed E-state index contributed by atoms with van der Waals surface area (Å²) in [6.45, 7) is 0.831. The Morgan fingerprint density at radius 2 is 1.80 bits per heavy atom. The zero-order valence-corrected chi connectivity index (χ0v) is 11.6. The second-order valence-corrected chi connectivity index (χ2v) is 4.90. The van der Waals surface area contributed by atoms with E-state index in [1.54, 1.807) is 0 Å². The van der Waals surface area contributed by atoms with E-state index in [9.17, 15) is 4.79 Å². The van der Waals surface area contributed by atoms with Crippen LogP contribution in [0.15, 0.2) is 48.5 Å². The minimum absolute atomic E-state index is 0.0106. The Hall–Kier alpha value is -1.84. The van der Waals surface area contributed by atoms with Crippen LogP contribution in [0.5, 0.6) is 0 Å². The second kappa shape index (κ2) is 7.08. The molecule has 0 amide bonds. The molecular weight excluding hydrogens is 276 g/mol. The normalized spacial score (nSPS) is 10.4. The fourth-order valence-corrected chi connectivity index (χ4v) is 2.15. The maximum Gasteiger partial charge on any atom is 0.307 e. The Kier molecular flexibility index (Phi) is 5.16. The molecular formula is C16H15ClO3. The SMILES string of the molecule is O=C(O)Cc1ccccc1COCc1cccc(Cl)c1. The van der Waals surface area contributed by atoms with E-state index >= 15 is 0 Å². The standard InChI is InChI=1S/C16H15ClO3/c17-15-7-3-4-12(8-15)10-20-11-14-6-2-1-5-13(14)9-16(18)19/h1-8H,9-11H2,(H,18,19). The monoisotopic (exact) mass is 290 g/mol. The third-order valence-corrected chi connectivity index (χ3v) is 3.11. The third kappa shape index (κ3) is 4.37. The number of carbonyl (C=O) groups is 1. The number of carboxylic acids is 1. The van der Waals surface area contributed by atoms with Crippen molar-refractivity contribution in [1.82, 2.24) is 0 Å². The molecule has 0 bridgehead atoms. The minimum atomic E-state index is -0.840. The van der Waals surface area contributed by atoms with Crippen LogP contribution >= 0.6 is 11.6 Å². The van der Waals surface area contributed by atoms with Gasteiger partial charge in [-0.25, -0.2) is 0 Å². The molecule has 0 saturated carbocycles. The van der Waals surface area contributed by atoms with Crippen LogP contribution in [-0.4, -0.2) is 11.1 Å². The van der Waals surface area contributed by atoms with Crippen molar-refractivity contribution in [3.63, 3.8) is 0 Å². The van der Waals surface area contributed by atoms with Gasteiger partial charge in [-0.05, 0) is 28.8 Å². The molecule has 2 aromatic carbocycles. The zero-order chi connectivity index (χ0) is 14.4. The Bertz CT molecular complexity index is 596. The van der Waals surface area contributed by atoms with Crippen LogP contribution in [0.2, 0.25) is 5.02 Å². The van der Waals surface area contributed by atoms with Crippen molar-refractivity contribution in [2.45, 2.75) is 19.6 Å². The van der Waals surface area contributed by atoms with Crippen LogP contribution in [0.4, 0.5) is 0 Å². The van der Waals surface area contributed by atoms with E-state index in [0.29, 0.717) is 18.2 Å². The summed E-state index contributed by atoms with van der Waals surface area (Å²) in [4.78, 5) is 10.8. The first-order valence-electron chi connectivity index (χ1n) is 6.26. The molecule has 0 saturated heterocycles. The fourth-order valence-electron chi connectivity index (χ4n) is 1.94. The van der Waals surface area contributed by atoms with Crippen LogP contribution in [0.25, 0.3) is 0 Å². The fraction of sp³-hybridized carbons (Fsp3) is 0.188. The van der Waals surface area contributed by atoms with E-state index in [4.69, 9.17) is 21.4 Å². The van der Waals surface area contributed by atoms with Crippen molar-refractivity contribution in [2.24, 2.45) is 0 Å². The number of aliphatic carboxylic acids is 1. The number of ether oxygens (including phenoxy) is 1. The first-order chi connectivity index (χ1) is 9.65. The first kappa shape index (κ1) is 14.6. The summed E-state index contributed by atoms with van der Waals surface area (Å²) in [5.74, 6) is -0.840. The Labute approximate surface area is 122 Å². The lowest BCUT2D eigenvalue weighted by atomic mass is 10.1. The van der Waals surface area contributed by atoms with Gasteiger partial charge < -0.3 is 9.84 Å². The molecule has 3 nitrogen and oxygen atoms in total. The summed E-state index contributed by atoms with van der Waals surface area (Å²) in [6.07, 6.45) is 0.0106. The maximum absolute atomic E-state index is 10.8. The minimum Gasteiger partial charge on any atom is -0.481 e.